The summed E-state index contributed by atoms with van der Waals surface area (Å²) in [4.78, 5) is 5.14. The van der Waals surface area contributed by atoms with Crippen LogP contribution in [-0.2, 0) is 13.0 Å². The maximum atomic E-state index is 12.8. The van der Waals surface area contributed by atoms with Crippen LogP contribution < -0.4 is 0 Å². The molecule has 3 rings (SSSR count). The average molecular weight is 277 g/mol. The monoisotopic (exact) mass is 277 g/mol. The predicted octanol–water partition coefficient (Wildman–Crippen LogP) is 2.32. The van der Waals surface area contributed by atoms with Crippen LogP contribution in [0.2, 0.25) is 0 Å². The van der Waals surface area contributed by atoms with Gasteiger partial charge >= 0.3 is 0 Å². The average Bonchev–Trinajstić information content (AvgIpc) is 2.88. The number of aliphatic hydroxyl groups is 1. The van der Waals surface area contributed by atoms with Crippen molar-refractivity contribution < 1.29 is 9.50 Å². The first-order valence-electron chi connectivity index (χ1n) is 5.86. The van der Waals surface area contributed by atoms with Gasteiger partial charge < -0.3 is 5.11 Å². The normalized spacial score (nSPS) is 11.3. The lowest BCUT2D eigenvalue weighted by molar-refractivity contribution is 0.273. The van der Waals surface area contributed by atoms with Gasteiger partial charge in [0.25, 0.3) is 0 Å². The second kappa shape index (κ2) is 4.71. The summed E-state index contributed by atoms with van der Waals surface area (Å²) in [6.07, 6.45) is 0.637. The third-order valence-corrected chi connectivity index (χ3v) is 3.87. The number of hydrogen-bond donors (Lipinski definition) is 1. The zero-order chi connectivity index (χ0) is 13.4. The molecule has 0 aliphatic rings. The summed E-state index contributed by atoms with van der Waals surface area (Å²) >= 11 is 1.48. The van der Waals surface area contributed by atoms with Crippen molar-refractivity contribution in [2.75, 3.05) is 0 Å². The van der Waals surface area contributed by atoms with Crippen molar-refractivity contribution in [1.82, 2.24) is 14.6 Å². The Morgan fingerprint density at radius 3 is 2.74 bits per heavy atom. The molecule has 0 saturated heterocycles. The van der Waals surface area contributed by atoms with Crippen LogP contribution in [0, 0.1) is 12.7 Å². The minimum atomic E-state index is -0.240. The van der Waals surface area contributed by atoms with E-state index in [1.807, 2.05) is 6.92 Å². The predicted molar refractivity (Wildman–Crippen MR) is 70.7 cm³/mol. The molecule has 0 aliphatic heterocycles. The number of nitrogens with zero attached hydrogens (tertiary/aromatic N) is 3. The van der Waals surface area contributed by atoms with Crippen LogP contribution in [0.4, 0.5) is 4.39 Å². The Labute approximate surface area is 113 Å². The maximum Gasteiger partial charge on any atom is 0.212 e. The molecule has 1 N–H and O–H groups in total. The van der Waals surface area contributed by atoms with E-state index in [1.54, 1.807) is 16.6 Å². The molecule has 2 aromatic heterocycles. The van der Waals surface area contributed by atoms with Gasteiger partial charge in [0, 0.05) is 6.42 Å². The minimum Gasteiger partial charge on any atom is -0.390 e. The molecule has 19 heavy (non-hydrogen) atoms. The lowest BCUT2D eigenvalue weighted by Gasteiger charge is -1.97. The molecular weight excluding hydrogens is 265 g/mol. The first-order valence-corrected chi connectivity index (χ1v) is 6.68. The van der Waals surface area contributed by atoms with Gasteiger partial charge in [0.2, 0.25) is 4.96 Å². The molecule has 2 heterocycles. The highest BCUT2D eigenvalue weighted by Gasteiger charge is 2.13. The molecule has 0 aliphatic carbocycles. The number of aliphatic hydroxyl groups excluding tert-OH is 1. The first kappa shape index (κ1) is 12.3. The lowest BCUT2D eigenvalue weighted by Crippen LogP contribution is -1.96. The Morgan fingerprint density at radius 2 is 2.05 bits per heavy atom. The van der Waals surface area contributed by atoms with Crippen molar-refractivity contribution in [3.63, 3.8) is 0 Å². The van der Waals surface area contributed by atoms with E-state index in [-0.39, 0.29) is 12.4 Å². The summed E-state index contributed by atoms with van der Waals surface area (Å²) in [5.74, 6) is -0.240. The van der Waals surface area contributed by atoms with Crippen LogP contribution in [0.1, 0.15) is 22.0 Å². The van der Waals surface area contributed by atoms with Crippen molar-refractivity contribution in [1.29, 1.82) is 0 Å². The topological polar surface area (TPSA) is 50.4 Å². The van der Waals surface area contributed by atoms with Gasteiger partial charge in [-0.1, -0.05) is 23.5 Å². The number of hydrogen-bond acceptors (Lipinski definition) is 4. The number of imidazole rings is 1. The third kappa shape index (κ3) is 2.24. The Hall–Kier alpha value is -1.79. The van der Waals surface area contributed by atoms with E-state index in [0.717, 1.165) is 26.9 Å². The first-order chi connectivity index (χ1) is 9.17. The van der Waals surface area contributed by atoms with E-state index in [2.05, 4.69) is 10.1 Å². The second-order valence-corrected chi connectivity index (χ2v) is 5.34. The van der Waals surface area contributed by atoms with Crippen LogP contribution in [0.15, 0.2) is 24.3 Å². The molecular formula is C13H12FN3OS. The Morgan fingerprint density at radius 1 is 1.32 bits per heavy atom. The number of fused-ring (bicyclic) bond motifs is 1. The molecule has 1 aromatic carbocycles. The largest absolute Gasteiger partial charge is 0.390 e. The number of rotatable bonds is 3. The molecule has 0 amide bonds. The Kier molecular flexibility index (Phi) is 3.04. The fourth-order valence-electron chi connectivity index (χ4n) is 1.96. The molecule has 3 aromatic rings. The molecule has 98 valence electrons. The fourth-order valence-corrected chi connectivity index (χ4v) is 2.95. The smallest absolute Gasteiger partial charge is 0.212 e. The van der Waals surface area contributed by atoms with Gasteiger partial charge in [0.05, 0.1) is 18.0 Å². The number of aryl methyl sites for hydroxylation is 1. The molecule has 0 fully saturated rings. The highest BCUT2D eigenvalue weighted by molar-refractivity contribution is 7.16. The maximum absolute atomic E-state index is 12.8. The lowest BCUT2D eigenvalue weighted by atomic mass is 10.2. The second-order valence-electron chi connectivity index (χ2n) is 4.30. The van der Waals surface area contributed by atoms with Gasteiger partial charge in [-0.2, -0.15) is 5.10 Å². The summed E-state index contributed by atoms with van der Waals surface area (Å²) in [5, 5.41) is 14.6. The summed E-state index contributed by atoms with van der Waals surface area (Å²) < 4.78 is 14.5. The Balaban J connectivity index is 1.93. The van der Waals surface area contributed by atoms with E-state index < -0.39 is 0 Å². The van der Waals surface area contributed by atoms with Crippen LogP contribution in [0.5, 0.6) is 0 Å². The molecule has 0 spiro atoms. The van der Waals surface area contributed by atoms with Crippen molar-refractivity contribution >= 4 is 16.3 Å². The molecule has 0 saturated carbocycles. The van der Waals surface area contributed by atoms with Gasteiger partial charge in [-0.15, -0.1) is 0 Å². The van der Waals surface area contributed by atoms with Gasteiger partial charge in [0.1, 0.15) is 10.8 Å². The molecule has 4 nitrogen and oxygen atoms in total. The standard InChI is InChI=1S/C13H12FN3OS/c1-8-11(7-18)17-13(15-8)19-12(16-17)6-9-2-4-10(14)5-3-9/h2-5,18H,6-7H2,1H3. The molecule has 0 atom stereocenters. The van der Waals surface area contributed by atoms with Gasteiger partial charge in [-0.25, -0.2) is 13.9 Å². The highest BCUT2D eigenvalue weighted by atomic mass is 32.1. The number of benzene rings is 1. The summed E-state index contributed by atoms with van der Waals surface area (Å²) in [6, 6.07) is 6.38. The van der Waals surface area contributed by atoms with Gasteiger partial charge in [-0.3, -0.25) is 0 Å². The van der Waals surface area contributed by atoms with Crippen LogP contribution >= 0.6 is 11.3 Å². The number of halogens is 1. The zero-order valence-electron chi connectivity index (χ0n) is 10.3. The fraction of sp³-hybridized carbons (Fsp3) is 0.231. The molecule has 0 bridgehead atoms. The Bertz CT molecular complexity index is 717. The number of aromatic nitrogens is 3. The van der Waals surface area contributed by atoms with Gasteiger partial charge in [0.15, 0.2) is 0 Å². The van der Waals surface area contributed by atoms with E-state index in [4.69, 9.17) is 0 Å². The van der Waals surface area contributed by atoms with Crippen LogP contribution in [-0.4, -0.2) is 19.7 Å². The van der Waals surface area contributed by atoms with E-state index in [0.29, 0.717) is 6.42 Å². The van der Waals surface area contributed by atoms with Crippen molar-refractivity contribution in [3.05, 3.63) is 52.0 Å². The van der Waals surface area contributed by atoms with E-state index in [1.165, 1.54) is 23.5 Å². The third-order valence-electron chi connectivity index (χ3n) is 2.96. The molecule has 6 heteroatoms. The SMILES string of the molecule is Cc1nc2sc(Cc3ccc(F)cc3)nn2c1CO. The zero-order valence-corrected chi connectivity index (χ0v) is 11.1. The minimum absolute atomic E-state index is 0.0767. The van der Waals surface area contributed by atoms with E-state index in [9.17, 15) is 9.50 Å². The van der Waals surface area contributed by atoms with Crippen molar-refractivity contribution in [2.45, 2.75) is 20.0 Å². The van der Waals surface area contributed by atoms with Crippen LogP contribution in [0.3, 0.4) is 0 Å². The van der Waals surface area contributed by atoms with Gasteiger partial charge in [-0.05, 0) is 24.6 Å². The summed E-state index contributed by atoms with van der Waals surface area (Å²) in [7, 11) is 0. The summed E-state index contributed by atoms with van der Waals surface area (Å²) in [6.45, 7) is 1.78. The highest BCUT2D eigenvalue weighted by Crippen LogP contribution is 2.21. The molecule has 0 radical (unpaired) electrons. The van der Waals surface area contributed by atoms with Crippen LogP contribution in [0.25, 0.3) is 4.96 Å². The van der Waals surface area contributed by atoms with Crippen molar-refractivity contribution in [3.8, 4) is 0 Å². The quantitative estimate of drug-likeness (QED) is 0.799. The molecule has 0 unspecified atom stereocenters. The van der Waals surface area contributed by atoms with E-state index >= 15 is 0 Å². The van der Waals surface area contributed by atoms with Crippen molar-refractivity contribution in [2.24, 2.45) is 0 Å². The summed E-state index contributed by atoms with van der Waals surface area (Å²) in [5.41, 5.74) is 2.52.